The molecular formula is C72H98N6O34. The highest BCUT2D eigenvalue weighted by Crippen LogP contribution is 2.41. The van der Waals surface area contributed by atoms with Crippen molar-refractivity contribution in [3.8, 4) is 0 Å². The van der Waals surface area contributed by atoms with Crippen LogP contribution in [-0.2, 0) is 106 Å². The number of nitrogens with one attached hydrogen (secondary N) is 5. The van der Waals surface area contributed by atoms with Crippen LogP contribution in [-0.4, -0.2) is 337 Å². The average Bonchev–Trinajstić information content (AvgIpc) is 1.06. The largest absolute Gasteiger partial charge is 0.468 e. The van der Waals surface area contributed by atoms with Crippen molar-refractivity contribution in [2.45, 2.75) is 254 Å². The van der Waals surface area contributed by atoms with Gasteiger partial charge in [-0.1, -0.05) is 0 Å². The van der Waals surface area contributed by atoms with Gasteiger partial charge in [0.05, 0.1) is 76.8 Å². The van der Waals surface area contributed by atoms with Crippen LogP contribution in [0.4, 0.5) is 0 Å². The molecule has 620 valence electrons. The molecule has 20 aliphatic heterocycles. The third-order valence-corrected chi connectivity index (χ3v) is 21.5. The van der Waals surface area contributed by atoms with Crippen LogP contribution in [0.5, 0.6) is 0 Å². The number of fused-ring (bicyclic) bond motifs is 1. The number of furan rings is 6. The lowest BCUT2D eigenvalue weighted by Crippen LogP contribution is -2.69. The maximum Gasteiger partial charge on any atom is 0.187 e. The SMILES string of the molecule is O[C@@H]1[C@@H](O)[C@H]2O[C@H]3[C@H](O)[C@@H](O)[C@@H](O[C@H]4[C@H](O)[C@@H](O)[C@@H](O[C@H]5[C@H](O)[C@@H](O)[C@H]6O[C@H]7[C@H](O)[C@@H](O)[C@@H](O[C@H]8[C@H](O)[C@@H](O)[C@@H](O[C@H]9[C@H](O)[C@@H](O)[C@@H](O[C@@H]1[C@@H](CNCc1ccco1)O2)O[C@@H]9CNCc1ccco1)O[C@@H]8CNCc1ccco1)O[C@@H]7CN(Cc1ccco1)C[C@H]5O6)O[C@@H]4CNCc1ccco1)O[C@@H]3CNCc1ccco1. The molecule has 0 unspecified atom stereocenters. The summed E-state index contributed by atoms with van der Waals surface area (Å²) in [4.78, 5) is 1.70. The van der Waals surface area contributed by atoms with Crippen LogP contribution >= 0.6 is 0 Å². The van der Waals surface area contributed by atoms with Gasteiger partial charge in [-0.15, -0.1) is 0 Å². The lowest BCUT2D eigenvalue weighted by molar-refractivity contribution is -0.392. The fourth-order valence-electron chi connectivity index (χ4n) is 15.6. The predicted octanol–water partition coefficient (Wildman–Crippen LogP) is -6.15. The summed E-state index contributed by atoms with van der Waals surface area (Å²) in [7, 11) is 0. The topological polar surface area (TPSA) is 555 Å². The van der Waals surface area contributed by atoms with Crippen LogP contribution in [0.15, 0.2) is 137 Å². The first-order valence-corrected chi connectivity index (χ1v) is 37.4. The summed E-state index contributed by atoms with van der Waals surface area (Å²) in [5, 5.41) is 188. The highest BCUT2D eigenvalue weighted by Gasteiger charge is 2.60. The molecule has 0 saturated carbocycles. The van der Waals surface area contributed by atoms with E-state index in [1.807, 2.05) is 0 Å². The Morgan fingerprint density at radius 2 is 0.438 bits per heavy atom. The molecule has 6 aromatic heterocycles. The van der Waals surface area contributed by atoms with Crippen molar-refractivity contribution < 1.29 is 164 Å². The van der Waals surface area contributed by atoms with E-state index < -0.39 is 215 Å². The van der Waals surface area contributed by atoms with E-state index in [1.165, 1.54) is 37.6 Å². The second-order valence-electron chi connectivity index (χ2n) is 29.2. The Labute approximate surface area is 638 Å². The quantitative estimate of drug-likeness (QED) is 0.0301. The zero-order valence-corrected chi connectivity index (χ0v) is 60.2. The first-order chi connectivity index (χ1) is 54.3. The number of hydrogen-bond donors (Lipinski definition) is 19. The van der Waals surface area contributed by atoms with Crippen molar-refractivity contribution in [1.29, 1.82) is 0 Å². The molecule has 0 spiro atoms. The molecule has 40 heteroatoms. The minimum absolute atomic E-state index is 0.0503. The van der Waals surface area contributed by atoms with E-state index in [4.69, 9.17) is 92.8 Å². The molecule has 20 saturated heterocycles. The first-order valence-electron chi connectivity index (χ1n) is 37.4. The van der Waals surface area contributed by atoms with Gasteiger partial charge in [0.15, 0.2) is 44.0 Å². The number of aliphatic hydroxyl groups excluding tert-OH is 14. The Hall–Kier alpha value is -5.68. The summed E-state index contributed by atoms with van der Waals surface area (Å²) in [6.07, 6.45) is -55.0. The number of nitrogens with zero attached hydrogens (tertiary/aromatic N) is 1. The van der Waals surface area contributed by atoms with Crippen LogP contribution in [0, 0.1) is 0 Å². The zero-order valence-electron chi connectivity index (χ0n) is 60.2. The van der Waals surface area contributed by atoms with Gasteiger partial charge in [-0.05, 0) is 72.8 Å². The van der Waals surface area contributed by atoms with E-state index in [-0.39, 0.29) is 85.1 Å². The molecule has 6 aromatic rings. The summed E-state index contributed by atoms with van der Waals surface area (Å²) in [6, 6.07) is 20.0. The smallest absolute Gasteiger partial charge is 0.187 e. The molecular weight excluding hydrogens is 1490 g/mol. The Balaban J connectivity index is 0.783. The normalized spacial score (nSPS) is 42.4. The summed E-state index contributed by atoms with van der Waals surface area (Å²) in [5.41, 5.74) is 0. The maximum atomic E-state index is 12.4. The number of aliphatic hydroxyl groups is 14. The summed E-state index contributed by atoms with van der Waals surface area (Å²) in [5.74, 6) is 2.71. The molecule has 26 heterocycles. The van der Waals surface area contributed by atoms with Crippen molar-refractivity contribution in [3.05, 3.63) is 145 Å². The molecule has 19 N–H and O–H groups in total. The predicted molar refractivity (Wildman–Crippen MR) is 365 cm³/mol. The molecule has 0 aliphatic carbocycles. The first kappa shape index (κ1) is 81.5. The molecule has 20 aliphatic rings. The van der Waals surface area contributed by atoms with Crippen LogP contribution in [0.3, 0.4) is 0 Å². The van der Waals surface area contributed by atoms with Crippen LogP contribution in [0.2, 0.25) is 0 Å². The van der Waals surface area contributed by atoms with Crippen LogP contribution < -0.4 is 26.6 Å². The third-order valence-electron chi connectivity index (χ3n) is 21.5. The fourth-order valence-corrected chi connectivity index (χ4v) is 15.6. The molecule has 26 rings (SSSR count). The van der Waals surface area contributed by atoms with Gasteiger partial charge in [-0.2, -0.15) is 0 Å². The molecule has 112 heavy (non-hydrogen) atoms. The minimum Gasteiger partial charge on any atom is -0.468 e. The molecule has 20 fully saturated rings. The van der Waals surface area contributed by atoms with Crippen molar-refractivity contribution in [2.24, 2.45) is 0 Å². The second-order valence-corrected chi connectivity index (χ2v) is 29.2. The van der Waals surface area contributed by atoms with Crippen LogP contribution in [0.1, 0.15) is 34.6 Å². The van der Waals surface area contributed by atoms with Crippen molar-refractivity contribution in [3.63, 3.8) is 0 Å². The third kappa shape index (κ3) is 18.4. The van der Waals surface area contributed by atoms with Gasteiger partial charge in [0.2, 0.25) is 0 Å². The van der Waals surface area contributed by atoms with Gasteiger partial charge in [0, 0.05) is 45.8 Å². The van der Waals surface area contributed by atoms with E-state index in [0.717, 1.165) is 0 Å². The standard InChI is InChI=1S/C72H98N6O34/c79-45-52(86)66-99-38(24-73-19-32-7-1-13-93-32)59(45)106-67-53(87)46(80)61(40(100-67)26-75-21-34-9-3-15-95-34)108-69-55(89)48(82)63(42(102-69)28-77-23-36-11-5-17-97-36)110-71-57(91)50(84)65-44(104-71)31-78(29-37-12-6-18-98-37)30-43-64(51(85)58(92)72(105-43)112-65)111-70-56(90)49(83)62(41(103-70)27-76-22-35-10-4-16-96-35)109-68-54(88)47(81)60(107-66)39(101-68)25-74-20-33-8-2-14-94-33/h1-18,38-77,79-92H,19-31H2/t38-,39-,40-,41-,42-,43-,44-,45-,46-,47-,48-,49-,50-,51-,52-,53-,54-,55-,56-,57-,58-,59-,60-,61-,62-,63-,64-,65-,66-,67-,68-,69-,70-,71-,72-/m1/s1. The average molecular weight is 1590 g/mol. The maximum absolute atomic E-state index is 12.4. The van der Waals surface area contributed by atoms with E-state index >= 15 is 0 Å². The minimum atomic E-state index is -2.11. The summed E-state index contributed by atoms with van der Waals surface area (Å²) in [6.45, 7) is -1.44. The molecule has 40 nitrogen and oxygen atoms in total. The Bertz CT molecular complexity index is 3670. The van der Waals surface area contributed by atoms with E-state index in [9.17, 15) is 71.5 Å². The molecule has 35 atom stereocenters. The molecule has 0 amide bonds. The second kappa shape index (κ2) is 36.9. The number of hydrogen-bond acceptors (Lipinski definition) is 40. The fraction of sp³-hybridized carbons (Fsp3) is 0.667. The molecule has 0 radical (unpaired) electrons. The monoisotopic (exact) mass is 1590 g/mol. The van der Waals surface area contributed by atoms with Gasteiger partial charge in [-0.3, -0.25) is 4.90 Å². The highest BCUT2D eigenvalue weighted by molar-refractivity contribution is 5.08. The summed E-state index contributed by atoms with van der Waals surface area (Å²) < 4.78 is 124. The zero-order chi connectivity index (χ0) is 77.8. The van der Waals surface area contributed by atoms with E-state index in [1.54, 1.807) is 77.7 Å². The summed E-state index contributed by atoms with van der Waals surface area (Å²) >= 11 is 0. The van der Waals surface area contributed by atoms with Gasteiger partial charge < -0.3 is 191 Å². The number of ether oxygens (including phenoxy) is 14. The molecule has 0 aromatic carbocycles. The Morgan fingerprint density at radius 3 is 0.652 bits per heavy atom. The van der Waals surface area contributed by atoms with Gasteiger partial charge in [0.1, 0.15) is 205 Å². The van der Waals surface area contributed by atoms with Crippen molar-refractivity contribution >= 4 is 0 Å². The van der Waals surface area contributed by atoms with Crippen molar-refractivity contribution in [2.75, 3.05) is 45.8 Å². The van der Waals surface area contributed by atoms with Gasteiger partial charge >= 0.3 is 0 Å². The van der Waals surface area contributed by atoms with Crippen LogP contribution in [0.25, 0.3) is 0 Å². The molecule has 14 bridgehead atoms. The Morgan fingerprint density at radius 1 is 0.241 bits per heavy atom. The highest BCUT2D eigenvalue weighted by atomic mass is 16.8. The lowest BCUT2D eigenvalue weighted by atomic mass is 9.94. The van der Waals surface area contributed by atoms with E-state index in [0.29, 0.717) is 34.6 Å². The van der Waals surface area contributed by atoms with Gasteiger partial charge in [-0.25, -0.2) is 0 Å². The number of rotatable bonds is 22. The van der Waals surface area contributed by atoms with Crippen molar-refractivity contribution in [1.82, 2.24) is 31.5 Å². The lowest BCUT2D eigenvalue weighted by Gasteiger charge is -2.50. The van der Waals surface area contributed by atoms with Gasteiger partial charge in [0.25, 0.3) is 0 Å². The van der Waals surface area contributed by atoms with E-state index in [2.05, 4.69) is 26.6 Å². The Kier molecular flexibility index (Phi) is 26.8.